The van der Waals surface area contributed by atoms with Crippen LogP contribution in [-0.2, 0) is 9.53 Å². The van der Waals surface area contributed by atoms with Gasteiger partial charge in [0.15, 0.2) is 0 Å². The first kappa shape index (κ1) is 12.8. The molecule has 17 heavy (non-hydrogen) atoms. The molecule has 0 spiro atoms. The summed E-state index contributed by atoms with van der Waals surface area (Å²) in [5, 5.41) is 3.58. The summed E-state index contributed by atoms with van der Waals surface area (Å²) in [6, 6.07) is 0.636. The number of carbonyl (C=O) groups is 1. The SMILES string of the molecule is COC(=O)C(C)(C)CN1CC2CCCNC2C1. The quantitative estimate of drug-likeness (QED) is 0.743. The zero-order valence-electron chi connectivity index (χ0n) is 11.2. The first-order valence-corrected chi connectivity index (χ1v) is 6.57. The van der Waals surface area contributed by atoms with Gasteiger partial charge in [0.05, 0.1) is 12.5 Å². The summed E-state index contributed by atoms with van der Waals surface area (Å²) in [6.07, 6.45) is 2.61. The Balaban J connectivity index is 1.90. The molecule has 0 aromatic rings. The number of esters is 1. The molecule has 2 aliphatic heterocycles. The van der Waals surface area contributed by atoms with Gasteiger partial charge in [-0.3, -0.25) is 4.79 Å². The van der Waals surface area contributed by atoms with Gasteiger partial charge >= 0.3 is 5.97 Å². The highest BCUT2D eigenvalue weighted by Gasteiger charge is 2.38. The molecule has 0 aromatic carbocycles. The molecule has 4 heteroatoms. The second-order valence-corrected chi connectivity index (χ2v) is 6.03. The van der Waals surface area contributed by atoms with E-state index in [1.807, 2.05) is 13.8 Å². The van der Waals surface area contributed by atoms with Gasteiger partial charge in [-0.1, -0.05) is 0 Å². The first-order valence-electron chi connectivity index (χ1n) is 6.57. The number of nitrogens with zero attached hydrogens (tertiary/aromatic N) is 1. The molecule has 0 amide bonds. The molecule has 2 fully saturated rings. The molecular weight excluding hydrogens is 216 g/mol. The highest BCUT2D eigenvalue weighted by Crippen LogP contribution is 2.28. The highest BCUT2D eigenvalue weighted by molar-refractivity contribution is 5.76. The average Bonchev–Trinajstić information content (AvgIpc) is 2.68. The van der Waals surface area contributed by atoms with Crippen molar-refractivity contribution in [1.82, 2.24) is 10.2 Å². The van der Waals surface area contributed by atoms with Crippen molar-refractivity contribution in [3.8, 4) is 0 Å². The van der Waals surface area contributed by atoms with Crippen molar-refractivity contribution in [3.63, 3.8) is 0 Å². The number of likely N-dealkylation sites (tertiary alicyclic amines) is 1. The smallest absolute Gasteiger partial charge is 0.312 e. The van der Waals surface area contributed by atoms with Crippen LogP contribution in [0.5, 0.6) is 0 Å². The first-order chi connectivity index (χ1) is 8.03. The van der Waals surface area contributed by atoms with E-state index in [2.05, 4.69) is 10.2 Å². The topological polar surface area (TPSA) is 41.6 Å². The predicted molar refractivity (Wildman–Crippen MR) is 66.8 cm³/mol. The Bertz CT molecular complexity index is 277. The number of piperidine rings is 1. The normalized spacial score (nSPS) is 30.1. The summed E-state index contributed by atoms with van der Waals surface area (Å²) in [5.41, 5.74) is -0.401. The van der Waals surface area contributed by atoms with Gasteiger partial charge < -0.3 is 15.0 Å². The minimum Gasteiger partial charge on any atom is -0.469 e. The third kappa shape index (κ3) is 2.80. The van der Waals surface area contributed by atoms with Crippen LogP contribution < -0.4 is 5.32 Å². The van der Waals surface area contributed by atoms with Gasteiger partial charge in [-0.05, 0) is 39.2 Å². The fourth-order valence-corrected chi connectivity index (χ4v) is 3.17. The summed E-state index contributed by atoms with van der Waals surface area (Å²) in [4.78, 5) is 14.1. The lowest BCUT2D eigenvalue weighted by Gasteiger charge is -2.27. The van der Waals surface area contributed by atoms with Crippen LogP contribution in [0.25, 0.3) is 0 Å². The molecule has 0 radical (unpaired) electrons. The summed E-state index contributed by atoms with van der Waals surface area (Å²) < 4.78 is 4.86. The minimum absolute atomic E-state index is 0.111. The van der Waals surface area contributed by atoms with Crippen molar-refractivity contribution in [1.29, 1.82) is 0 Å². The summed E-state index contributed by atoms with van der Waals surface area (Å²) in [5.74, 6) is 0.664. The molecule has 1 N–H and O–H groups in total. The van der Waals surface area contributed by atoms with E-state index in [9.17, 15) is 4.79 Å². The lowest BCUT2D eigenvalue weighted by molar-refractivity contribution is -0.151. The predicted octanol–water partition coefficient (Wildman–Crippen LogP) is 0.869. The van der Waals surface area contributed by atoms with Crippen LogP contribution in [0.3, 0.4) is 0 Å². The number of carbonyl (C=O) groups excluding carboxylic acids is 1. The van der Waals surface area contributed by atoms with Crippen molar-refractivity contribution >= 4 is 5.97 Å². The van der Waals surface area contributed by atoms with Crippen molar-refractivity contribution in [3.05, 3.63) is 0 Å². The van der Waals surface area contributed by atoms with E-state index >= 15 is 0 Å². The van der Waals surface area contributed by atoms with Gasteiger partial charge in [0.2, 0.25) is 0 Å². The number of methoxy groups -OCH3 is 1. The van der Waals surface area contributed by atoms with Crippen LogP contribution in [0.1, 0.15) is 26.7 Å². The van der Waals surface area contributed by atoms with Crippen LogP contribution in [0.2, 0.25) is 0 Å². The number of fused-ring (bicyclic) bond motifs is 1. The van der Waals surface area contributed by atoms with Crippen molar-refractivity contribution < 1.29 is 9.53 Å². The molecular formula is C13H24N2O2. The molecule has 98 valence electrons. The second-order valence-electron chi connectivity index (χ2n) is 6.03. The van der Waals surface area contributed by atoms with Gasteiger partial charge in [-0.15, -0.1) is 0 Å². The molecule has 0 aromatic heterocycles. The van der Waals surface area contributed by atoms with E-state index in [1.54, 1.807) is 0 Å². The van der Waals surface area contributed by atoms with E-state index in [4.69, 9.17) is 4.74 Å². The van der Waals surface area contributed by atoms with Crippen molar-refractivity contribution in [2.24, 2.45) is 11.3 Å². The van der Waals surface area contributed by atoms with Crippen LogP contribution >= 0.6 is 0 Å². The van der Waals surface area contributed by atoms with Crippen LogP contribution in [0.15, 0.2) is 0 Å². The lowest BCUT2D eigenvalue weighted by atomic mass is 9.93. The van der Waals surface area contributed by atoms with E-state index < -0.39 is 5.41 Å². The molecule has 2 aliphatic rings. The molecule has 0 bridgehead atoms. The Morgan fingerprint density at radius 3 is 2.88 bits per heavy atom. The third-order valence-corrected chi connectivity index (χ3v) is 4.03. The molecule has 2 saturated heterocycles. The highest BCUT2D eigenvalue weighted by atomic mass is 16.5. The zero-order valence-corrected chi connectivity index (χ0v) is 11.2. The average molecular weight is 240 g/mol. The summed E-state index contributed by atoms with van der Waals surface area (Å²) in [7, 11) is 1.47. The number of nitrogens with one attached hydrogen (secondary N) is 1. The summed E-state index contributed by atoms with van der Waals surface area (Å²) >= 11 is 0. The van der Waals surface area contributed by atoms with Gasteiger partial charge in [-0.2, -0.15) is 0 Å². The molecule has 4 nitrogen and oxygen atoms in total. The molecule has 0 saturated carbocycles. The van der Waals surface area contributed by atoms with Gasteiger partial charge in [0.1, 0.15) is 0 Å². The largest absolute Gasteiger partial charge is 0.469 e. The fourth-order valence-electron chi connectivity index (χ4n) is 3.17. The monoisotopic (exact) mass is 240 g/mol. The van der Waals surface area contributed by atoms with Crippen molar-refractivity contribution in [2.45, 2.75) is 32.7 Å². The molecule has 0 aliphatic carbocycles. The maximum atomic E-state index is 11.7. The number of hydrogen-bond donors (Lipinski definition) is 1. The molecule has 2 rings (SSSR count). The maximum Gasteiger partial charge on any atom is 0.312 e. The van der Waals surface area contributed by atoms with Gasteiger partial charge in [-0.25, -0.2) is 0 Å². The Morgan fingerprint density at radius 2 is 2.24 bits per heavy atom. The van der Waals surface area contributed by atoms with Crippen molar-refractivity contribution in [2.75, 3.05) is 33.3 Å². The Morgan fingerprint density at radius 1 is 1.47 bits per heavy atom. The number of rotatable bonds is 3. The van der Waals surface area contributed by atoms with E-state index in [0.717, 1.165) is 32.1 Å². The maximum absolute atomic E-state index is 11.7. The second kappa shape index (κ2) is 4.94. The van der Waals surface area contributed by atoms with E-state index in [0.29, 0.717) is 6.04 Å². The van der Waals surface area contributed by atoms with Crippen LogP contribution in [-0.4, -0.2) is 50.2 Å². The molecule has 2 heterocycles. The zero-order chi connectivity index (χ0) is 12.5. The summed E-state index contributed by atoms with van der Waals surface area (Å²) in [6.45, 7) is 8.08. The molecule has 2 unspecified atom stereocenters. The number of hydrogen-bond acceptors (Lipinski definition) is 4. The minimum atomic E-state index is -0.401. The standard InChI is InChI=1S/C13H24N2O2/c1-13(2,12(16)17-3)9-15-7-10-5-4-6-14-11(10)8-15/h10-11,14H,4-9H2,1-3H3. The van der Waals surface area contributed by atoms with Gasteiger partial charge in [0.25, 0.3) is 0 Å². The van der Waals surface area contributed by atoms with Crippen LogP contribution in [0.4, 0.5) is 0 Å². The van der Waals surface area contributed by atoms with Crippen LogP contribution in [0, 0.1) is 11.3 Å². The van der Waals surface area contributed by atoms with Gasteiger partial charge in [0, 0.05) is 25.7 Å². The Labute approximate surface area is 104 Å². The fraction of sp³-hybridized carbons (Fsp3) is 0.923. The van der Waals surface area contributed by atoms with E-state index in [-0.39, 0.29) is 5.97 Å². The van der Waals surface area contributed by atoms with E-state index in [1.165, 1.54) is 20.0 Å². The third-order valence-electron chi connectivity index (χ3n) is 4.03. The Hall–Kier alpha value is -0.610. The lowest BCUT2D eigenvalue weighted by Crippen LogP contribution is -2.42. The Kier molecular flexibility index (Phi) is 3.73. The molecule has 2 atom stereocenters. The number of ether oxygens (including phenoxy) is 1.